The van der Waals surface area contributed by atoms with E-state index in [0.29, 0.717) is 12.1 Å². The summed E-state index contributed by atoms with van der Waals surface area (Å²) in [7, 11) is 1.38. The average molecular weight is 343 g/mol. The molecule has 2 rings (SSSR count). The lowest BCUT2D eigenvalue weighted by Crippen LogP contribution is -2.30. The van der Waals surface area contributed by atoms with Crippen LogP contribution in [0.1, 0.15) is 40.9 Å². The molecule has 2 aromatic carbocycles. The first-order valence-electron chi connectivity index (χ1n) is 8.37. The second kappa shape index (κ2) is 9.20. The summed E-state index contributed by atoms with van der Waals surface area (Å²) in [4.78, 5) is 11.6. The van der Waals surface area contributed by atoms with E-state index in [9.17, 15) is 15.0 Å². The lowest BCUT2D eigenvalue weighted by atomic mass is 10.0. The van der Waals surface area contributed by atoms with Crippen LogP contribution in [-0.4, -0.2) is 35.9 Å². The summed E-state index contributed by atoms with van der Waals surface area (Å²) in [5, 5.41) is 22.8. The SMILES string of the molecule is COC(=O)c1cccc(CC[C@@H](C)NC[C@H](O)c2ccc(O)cc2)c1. The number of methoxy groups -OCH3 is 1. The van der Waals surface area contributed by atoms with Crippen molar-refractivity contribution in [3.63, 3.8) is 0 Å². The molecule has 0 aliphatic rings. The molecule has 0 unspecified atom stereocenters. The minimum absolute atomic E-state index is 0.187. The van der Waals surface area contributed by atoms with Crippen molar-refractivity contribution in [2.24, 2.45) is 0 Å². The van der Waals surface area contributed by atoms with Gasteiger partial charge in [-0.1, -0.05) is 24.3 Å². The van der Waals surface area contributed by atoms with Gasteiger partial charge in [-0.15, -0.1) is 0 Å². The zero-order valence-electron chi connectivity index (χ0n) is 14.6. The number of hydrogen-bond acceptors (Lipinski definition) is 5. The molecular weight excluding hydrogens is 318 g/mol. The van der Waals surface area contributed by atoms with Crippen molar-refractivity contribution in [2.75, 3.05) is 13.7 Å². The standard InChI is InChI=1S/C20H25NO4/c1-14(21-13-19(23)16-8-10-18(22)11-9-16)6-7-15-4-3-5-17(12-15)20(24)25-2/h3-5,8-12,14,19,21-23H,6-7,13H2,1-2H3/t14-,19+/m1/s1. The van der Waals surface area contributed by atoms with Crippen molar-refractivity contribution in [3.8, 4) is 5.75 Å². The third-order valence-electron chi connectivity index (χ3n) is 4.15. The zero-order valence-corrected chi connectivity index (χ0v) is 14.6. The fourth-order valence-electron chi connectivity index (χ4n) is 2.58. The maximum atomic E-state index is 11.6. The molecule has 0 saturated carbocycles. The smallest absolute Gasteiger partial charge is 0.337 e. The number of carbonyl (C=O) groups is 1. The fourth-order valence-corrected chi connectivity index (χ4v) is 2.58. The average Bonchev–Trinajstić information content (AvgIpc) is 2.64. The third kappa shape index (κ3) is 5.89. The van der Waals surface area contributed by atoms with E-state index in [-0.39, 0.29) is 17.8 Å². The topological polar surface area (TPSA) is 78.8 Å². The van der Waals surface area contributed by atoms with Gasteiger partial charge in [0.1, 0.15) is 5.75 Å². The van der Waals surface area contributed by atoms with Crippen molar-refractivity contribution < 1.29 is 19.7 Å². The third-order valence-corrected chi connectivity index (χ3v) is 4.15. The summed E-state index contributed by atoms with van der Waals surface area (Å²) in [6.45, 7) is 2.50. The molecule has 3 N–H and O–H groups in total. The van der Waals surface area contributed by atoms with Crippen LogP contribution in [0.4, 0.5) is 0 Å². The van der Waals surface area contributed by atoms with Crippen LogP contribution >= 0.6 is 0 Å². The molecule has 2 aromatic rings. The Hall–Kier alpha value is -2.37. The van der Waals surface area contributed by atoms with E-state index in [1.807, 2.05) is 18.2 Å². The van der Waals surface area contributed by atoms with Crippen molar-refractivity contribution >= 4 is 5.97 Å². The van der Waals surface area contributed by atoms with Crippen molar-refractivity contribution in [1.82, 2.24) is 5.32 Å². The molecule has 0 aromatic heterocycles. The summed E-state index contributed by atoms with van der Waals surface area (Å²) >= 11 is 0. The molecule has 0 aliphatic heterocycles. The molecular formula is C20H25NO4. The first-order chi connectivity index (χ1) is 12.0. The number of aromatic hydroxyl groups is 1. The van der Waals surface area contributed by atoms with Gasteiger partial charge in [0.25, 0.3) is 0 Å². The van der Waals surface area contributed by atoms with Gasteiger partial charge in [-0.3, -0.25) is 0 Å². The number of benzene rings is 2. The van der Waals surface area contributed by atoms with E-state index in [0.717, 1.165) is 24.0 Å². The molecule has 0 radical (unpaired) electrons. The molecule has 0 heterocycles. The van der Waals surface area contributed by atoms with Crippen LogP contribution in [0.2, 0.25) is 0 Å². The highest BCUT2D eigenvalue weighted by molar-refractivity contribution is 5.89. The fraction of sp³-hybridized carbons (Fsp3) is 0.350. The summed E-state index contributed by atoms with van der Waals surface area (Å²) in [5.74, 6) is -0.142. The van der Waals surface area contributed by atoms with Crippen molar-refractivity contribution in [3.05, 3.63) is 65.2 Å². The normalized spacial score (nSPS) is 13.2. The summed E-state index contributed by atoms with van der Waals surface area (Å²) < 4.78 is 4.74. The van der Waals surface area contributed by atoms with E-state index in [1.54, 1.807) is 30.3 Å². The number of rotatable bonds is 8. The summed E-state index contributed by atoms with van der Waals surface area (Å²) in [6.07, 6.45) is 1.09. The minimum atomic E-state index is -0.620. The highest BCUT2D eigenvalue weighted by atomic mass is 16.5. The minimum Gasteiger partial charge on any atom is -0.508 e. The van der Waals surface area contributed by atoms with Gasteiger partial charge in [-0.05, 0) is 55.2 Å². The highest BCUT2D eigenvalue weighted by Gasteiger charge is 2.10. The van der Waals surface area contributed by atoms with Gasteiger partial charge in [-0.25, -0.2) is 4.79 Å². The van der Waals surface area contributed by atoms with Gasteiger partial charge < -0.3 is 20.3 Å². The number of aryl methyl sites for hydroxylation is 1. The largest absolute Gasteiger partial charge is 0.508 e. The number of aliphatic hydroxyl groups excluding tert-OH is 1. The van der Waals surface area contributed by atoms with E-state index >= 15 is 0 Å². The number of hydrogen-bond donors (Lipinski definition) is 3. The van der Waals surface area contributed by atoms with Crippen LogP contribution in [0, 0.1) is 0 Å². The number of carbonyl (C=O) groups excluding carboxylic acids is 1. The van der Waals surface area contributed by atoms with Gasteiger partial charge in [0, 0.05) is 12.6 Å². The Labute approximate surface area is 148 Å². The Morgan fingerprint density at radius 3 is 2.60 bits per heavy atom. The first kappa shape index (κ1) is 19.0. The van der Waals surface area contributed by atoms with Crippen LogP contribution in [0.25, 0.3) is 0 Å². The van der Waals surface area contributed by atoms with Gasteiger partial charge >= 0.3 is 5.97 Å². The first-order valence-corrected chi connectivity index (χ1v) is 8.37. The van der Waals surface area contributed by atoms with Crippen molar-refractivity contribution in [2.45, 2.75) is 31.9 Å². The monoisotopic (exact) mass is 343 g/mol. The number of esters is 1. The van der Waals surface area contributed by atoms with Crippen LogP contribution in [0.3, 0.4) is 0 Å². The molecule has 5 heteroatoms. The predicted octanol–water partition coefficient (Wildman–Crippen LogP) is 2.82. The van der Waals surface area contributed by atoms with Gasteiger partial charge in [0.05, 0.1) is 18.8 Å². The van der Waals surface area contributed by atoms with Gasteiger partial charge in [0.15, 0.2) is 0 Å². The highest BCUT2D eigenvalue weighted by Crippen LogP contribution is 2.16. The molecule has 0 saturated heterocycles. The molecule has 0 spiro atoms. The summed E-state index contributed by atoms with van der Waals surface area (Å²) in [6, 6.07) is 14.2. The van der Waals surface area contributed by atoms with Crippen LogP contribution in [0.15, 0.2) is 48.5 Å². The van der Waals surface area contributed by atoms with Crippen LogP contribution in [0.5, 0.6) is 5.75 Å². The Kier molecular flexibility index (Phi) is 6.98. The summed E-state index contributed by atoms with van der Waals surface area (Å²) in [5.41, 5.74) is 2.40. The molecule has 0 bridgehead atoms. The lowest BCUT2D eigenvalue weighted by molar-refractivity contribution is 0.0600. The second-order valence-electron chi connectivity index (χ2n) is 6.15. The molecule has 0 aliphatic carbocycles. The van der Waals surface area contributed by atoms with Gasteiger partial charge in [-0.2, -0.15) is 0 Å². The number of ether oxygens (including phenoxy) is 1. The zero-order chi connectivity index (χ0) is 18.2. The molecule has 0 fully saturated rings. The maximum Gasteiger partial charge on any atom is 0.337 e. The van der Waals surface area contributed by atoms with Gasteiger partial charge in [0.2, 0.25) is 0 Å². The Morgan fingerprint density at radius 2 is 1.92 bits per heavy atom. The molecule has 2 atom stereocenters. The Morgan fingerprint density at radius 1 is 1.20 bits per heavy atom. The van der Waals surface area contributed by atoms with Crippen LogP contribution < -0.4 is 5.32 Å². The maximum absolute atomic E-state index is 11.6. The van der Waals surface area contributed by atoms with Crippen molar-refractivity contribution in [1.29, 1.82) is 0 Å². The Balaban J connectivity index is 1.79. The predicted molar refractivity (Wildman–Crippen MR) is 96.6 cm³/mol. The van der Waals surface area contributed by atoms with E-state index in [4.69, 9.17) is 4.74 Å². The van der Waals surface area contributed by atoms with E-state index in [1.165, 1.54) is 7.11 Å². The molecule has 134 valence electrons. The Bertz CT molecular complexity index is 684. The second-order valence-corrected chi connectivity index (χ2v) is 6.15. The number of phenolic OH excluding ortho intramolecular Hbond substituents is 1. The molecule has 0 amide bonds. The van der Waals surface area contributed by atoms with Crippen LogP contribution in [-0.2, 0) is 11.2 Å². The number of nitrogens with one attached hydrogen (secondary N) is 1. The quantitative estimate of drug-likeness (QED) is 0.643. The molecule has 5 nitrogen and oxygen atoms in total. The number of aliphatic hydroxyl groups is 1. The molecule has 25 heavy (non-hydrogen) atoms. The number of phenols is 1. The van der Waals surface area contributed by atoms with E-state index < -0.39 is 6.10 Å². The lowest BCUT2D eigenvalue weighted by Gasteiger charge is -2.17. The van der Waals surface area contributed by atoms with E-state index in [2.05, 4.69) is 12.2 Å².